The molecule has 0 bridgehead atoms. The van der Waals surface area contributed by atoms with Gasteiger partial charge in [0.1, 0.15) is 18.1 Å². The zero-order valence-electron chi connectivity index (χ0n) is 15.6. The predicted octanol–water partition coefficient (Wildman–Crippen LogP) is 4.31. The fraction of sp³-hybridized carbons (Fsp3) is 0.300. The second-order valence-corrected chi connectivity index (χ2v) is 6.64. The zero-order valence-corrected chi connectivity index (χ0v) is 16.4. The van der Waals surface area contributed by atoms with Crippen molar-refractivity contribution in [1.82, 2.24) is 14.7 Å². The van der Waals surface area contributed by atoms with E-state index in [1.807, 2.05) is 38.1 Å². The van der Waals surface area contributed by atoms with Crippen molar-refractivity contribution in [2.24, 2.45) is 0 Å². The number of hydrogen-bond acceptors (Lipinski definition) is 4. The Kier molecular flexibility index (Phi) is 5.86. The van der Waals surface area contributed by atoms with Crippen molar-refractivity contribution in [2.45, 2.75) is 33.5 Å². The molecular weight excluding hydrogens is 366 g/mol. The molecular formula is C20H22ClN3O3. The summed E-state index contributed by atoms with van der Waals surface area (Å²) in [4.78, 5) is 14.2. The van der Waals surface area contributed by atoms with E-state index in [-0.39, 0.29) is 18.3 Å². The van der Waals surface area contributed by atoms with Gasteiger partial charge in [-0.25, -0.2) is 0 Å². The smallest absolute Gasteiger partial charge is 0.289 e. The van der Waals surface area contributed by atoms with Crippen molar-refractivity contribution in [3.63, 3.8) is 0 Å². The van der Waals surface area contributed by atoms with Gasteiger partial charge in [-0.1, -0.05) is 29.8 Å². The first-order valence-electron chi connectivity index (χ1n) is 8.72. The van der Waals surface area contributed by atoms with Gasteiger partial charge in [0.05, 0.1) is 23.5 Å². The molecule has 2 heterocycles. The fourth-order valence-corrected chi connectivity index (χ4v) is 2.94. The molecule has 1 amide bonds. The van der Waals surface area contributed by atoms with E-state index in [1.165, 1.54) is 0 Å². The fourth-order valence-electron chi connectivity index (χ4n) is 2.74. The van der Waals surface area contributed by atoms with Crippen LogP contribution >= 0.6 is 11.6 Å². The Hall–Kier alpha value is -2.73. The predicted molar refractivity (Wildman–Crippen MR) is 103 cm³/mol. The Morgan fingerprint density at radius 2 is 2.07 bits per heavy atom. The van der Waals surface area contributed by atoms with Crippen molar-refractivity contribution >= 4 is 17.5 Å². The molecule has 2 aromatic heterocycles. The number of furan rings is 1. The van der Waals surface area contributed by atoms with Crippen LogP contribution in [0.3, 0.4) is 0 Å². The van der Waals surface area contributed by atoms with Crippen LogP contribution in [-0.2, 0) is 19.7 Å². The molecule has 0 aliphatic carbocycles. The lowest BCUT2D eigenvalue weighted by molar-refractivity contribution is 0.0745. The highest BCUT2D eigenvalue weighted by Crippen LogP contribution is 2.20. The van der Waals surface area contributed by atoms with Gasteiger partial charge < -0.3 is 14.1 Å². The van der Waals surface area contributed by atoms with Crippen LogP contribution in [0.2, 0.25) is 5.02 Å². The van der Waals surface area contributed by atoms with E-state index in [1.54, 1.807) is 35.0 Å². The lowest BCUT2D eigenvalue weighted by Gasteiger charge is -2.16. The number of hydrogen-bond donors (Lipinski definition) is 0. The van der Waals surface area contributed by atoms with E-state index in [0.29, 0.717) is 23.9 Å². The number of benzene rings is 1. The number of rotatable bonds is 7. The molecule has 7 heteroatoms. The summed E-state index contributed by atoms with van der Waals surface area (Å²) in [6, 6.07) is 11.2. The lowest BCUT2D eigenvalue weighted by atomic mass is 10.2. The lowest BCUT2D eigenvalue weighted by Crippen LogP contribution is -2.27. The van der Waals surface area contributed by atoms with E-state index in [2.05, 4.69) is 5.10 Å². The zero-order chi connectivity index (χ0) is 19.4. The Bertz CT molecular complexity index is 932. The quantitative estimate of drug-likeness (QED) is 0.606. The van der Waals surface area contributed by atoms with E-state index < -0.39 is 0 Å². The van der Waals surface area contributed by atoms with Crippen LogP contribution in [0.25, 0.3) is 0 Å². The summed E-state index contributed by atoms with van der Waals surface area (Å²) in [6.07, 6.45) is 1.59. The number of para-hydroxylation sites is 1. The van der Waals surface area contributed by atoms with Gasteiger partial charge in [-0.3, -0.25) is 9.48 Å². The largest absolute Gasteiger partial charge is 0.485 e. The second kappa shape index (κ2) is 8.31. The minimum Gasteiger partial charge on any atom is -0.485 e. The number of carbonyl (C=O) groups excluding carboxylic acids is 1. The van der Waals surface area contributed by atoms with Gasteiger partial charge in [-0.15, -0.1) is 0 Å². The first-order chi connectivity index (χ1) is 13.0. The van der Waals surface area contributed by atoms with Crippen LogP contribution in [0, 0.1) is 6.92 Å². The highest BCUT2D eigenvalue weighted by atomic mass is 35.5. The number of amides is 1. The Morgan fingerprint density at radius 3 is 2.81 bits per heavy atom. The van der Waals surface area contributed by atoms with Gasteiger partial charge in [0.25, 0.3) is 5.91 Å². The van der Waals surface area contributed by atoms with Crippen LogP contribution < -0.4 is 4.74 Å². The van der Waals surface area contributed by atoms with Crippen LogP contribution in [0.4, 0.5) is 0 Å². The minimum atomic E-state index is -0.225. The average Bonchev–Trinajstić information content (AvgIpc) is 3.27. The van der Waals surface area contributed by atoms with Gasteiger partial charge in [0, 0.05) is 13.6 Å². The van der Waals surface area contributed by atoms with Crippen molar-refractivity contribution in [3.8, 4) is 5.75 Å². The van der Waals surface area contributed by atoms with Crippen LogP contribution in [0.15, 0.2) is 47.0 Å². The van der Waals surface area contributed by atoms with Crippen molar-refractivity contribution < 1.29 is 13.9 Å². The van der Waals surface area contributed by atoms with E-state index >= 15 is 0 Å². The molecule has 0 aliphatic rings. The van der Waals surface area contributed by atoms with Crippen molar-refractivity contribution in [1.29, 1.82) is 0 Å². The summed E-state index contributed by atoms with van der Waals surface area (Å²) in [5.41, 5.74) is 1.84. The monoisotopic (exact) mass is 387 g/mol. The first-order valence-corrected chi connectivity index (χ1v) is 9.10. The standard InChI is InChI=1S/C20H22ClN3O3/c1-4-24-17(16(21)11-22-24)12-23(3)20(25)19-10-9-15(27-19)13-26-18-8-6-5-7-14(18)2/h5-11H,4,12-13H2,1-3H3. The minimum absolute atomic E-state index is 0.225. The summed E-state index contributed by atoms with van der Waals surface area (Å²) in [6.45, 7) is 5.25. The number of nitrogens with zero attached hydrogens (tertiary/aromatic N) is 3. The maximum atomic E-state index is 12.6. The first kappa shape index (κ1) is 19.0. The van der Waals surface area contributed by atoms with Crippen molar-refractivity contribution in [3.05, 3.63) is 70.4 Å². The highest BCUT2D eigenvalue weighted by molar-refractivity contribution is 6.31. The Morgan fingerprint density at radius 1 is 1.30 bits per heavy atom. The summed E-state index contributed by atoms with van der Waals surface area (Å²) in [7, 11) is 1.71. The normalized spacial score (nSPS) is 10.8. The molecule has 0 fully saturated rings. The third kappa shape index (κ3) is 4.34. The van der Waals surface area contributed by atoms with Crippen LogP contribution in [0.5, 0.6) is 5.75 Å². The van der Waals surface area contributed by atoms with Crippen molar-refractivity contribution in [2.75, 3.05) is 7.05 Å². The maximum absolute atomic E-state index is 12.6. The van der Waals surface area contributed by atoms with E-state index in [0.717, 1.165) is 17.0 Å². The molecule has 0 unspecified atom stereocenters. The summed E-state index contributed by atoms with van der Waals surface area (Å²) >= 11 is 6.17. The number of aromatic nitrogens is 2. The number of halogens is 1. The Labute approximate surface area is 163 Å². The van der Waals surface area contributed by atoms with Gasteiger partial charge in [-0.2, -0.15) is 5.10 Å². The molecule has 0 saturated carbocycles. The van der Waals surface area contributed by atoms with Gasteiger partial charge in [0.15, 0.2) is 5.76 Å². The molecule has 3 rings (SSSR count). The van der Waals surface area contributed by atoms with Gasteiger partial charge in [-0.05, 0) is 37.6 Å². The maximum Gasteiger partial charge on any atom is 0.289 e. The molecule has 1 aromatic carbocycles. The molecule has 0 saturated heterocycles. The molecule has 0 spiro atoms. The number of aryl methyl sites for hydroxylation is 2. The second-order valence-electron chi connectivity index (χ2n) is 6.24. The SMILES string of the molecule is CCn1ncc(Cl)c1CN(C)C(=O)c1ccc(COc2ccccc2C)o1. The summed E-state index contributed by atoms with van der Waals surface area (Å²) in [5.74, 6) is 1.42. The molecule has 27 heavy (non-hydrogen) atoms. The summed E-state index contributed by atoms with van der Waals surface area (Å²) in [5, 5.41) is 4.74. The third-order valence-corrected chi connectivity index (χ3v) is 4.58. The molecule has 0 N–H and O–H groups in total. The molecule has 0 radical (unpaired) electrons. The van der Waals surface area contributed by atoms with E-state index in [4.69, 9.17) is 20.8 Å². The average molecular weight is 388 g/mol. The molecule has 3 aromatic rings. The van der Waals surface area contributed by atoms with Crippen LogP contribution in [-0.4, -0.2) is 27.6 Å². The molecule has 0 aliphatic heterocycles. The molecule has 6 nitrogen and oxygen atoms in total. The van der Waals surface area contributed by atoms with E-state index in [9.17, 15) is 4.79 Å². The molecule has 142 valence electrons. The van der Waals surface area contributed by atoms with Gasteiger partial charge in [0.2, 0.25) is 0 Å². The Balaban J connectivity index is 1.64. The summed E-state index contributed by atoms with van der Waals surface area (Å²) < 4.78 is 13.2. The highest BCUT2D eigenvalue weighted by Gasteiger charge is 2.19. The number of ether oxygens (including phenoxy) is 1. The van der Waals surface area contributed by atoms with Crippen LogP contribution in [0.1, 0.15) is 34.5 Å². The topological polar surface area (TPSA) is 60.5 Å². The van der Waals surface area contributed by atoms with Gasteiger partial charge >= 0.3 is 0 Å². The third-order valence-electron chi connectivity index (χ3n) is 4.27. The number of carbonyl (C=O) groups is 1. The molecule has 0 atom stereocenters.